The van der Waals surface area contributed by atoms with Crippen LogP contribution in [0, 0.1) is 6.17 Å². The lowest BCUT2D eigenvalue weighted by atomic mass is 10.6. The molecule has 1 radical (unpaired) electrons. The lowest BCUT2D eigenvalue weighted by molar-refractivity contribution is 0.778. The van der Waals surface area contributed by atoms with Crippen LogP contribution in [0.25, 0.3) is 0 Å². The van der Waals surface area contributed by atoms with Crippen LogP contribution < -0.4 is 10.6 Å². The van der Waals surface area contributed by atoms with E-state index in [1.807, 2.05) is 6.92 Å². The molecule has 0 saturated carbocycles. The Labute approximate surface area is 37.9 Å². The normalized spacial score (nSPS) is 25.5. The smallest absolute Gasteiger partial charge is 0.0979 e. The standard InChI is InChI=1S/C4H9N2/c1-4-5-2-3-6-4/h5-6H,2-3H2,1H3. The molecule has 0 aliphatic carbocycles. The van der Waals surface area contributed by atoms with Crippen molar-refractivity contribution in [1.82, 2.24) is 10.6 Å². The van der Waals surface area contributed by atoms with Gasteiger partial charge in [0.1, 0.15) is 0 Å². The van der Waals surface area contributed by atoms with Gasteiger partial charge in [-0.25, -0.2) is 0 Å². The molecule has 35 valence electrons. The third-order valence-corrected chi connectivity index (χ3v) is 0.905. The van der Waals surface area contributed by atoms with Crippen LogP contribution in [-0.2, 0) is 0 Å². The van der Waals surface area contributed by atoms with Crippen LogP contribution in [0.4, 0.5) is 0 Å². The van der Waals surface area contributed by atoms with Gasteiger partial charge >= 0.3 is 0 Å². The summed E-state index contributed by atoms with van der Waals surface area (Å²) in [6.07, 6.45) is 1.20. The summed E-state index contributed by atoms with van der Waals surface area (Å²) in [5.41, 5.74) is 0. The fourth-order valence-electron chi connectivity index (χ4n) is 0.562. The first kappa shape index (κ1) is 4.09. The van der Waals surface area contributed by atoms with Gasteiger partial charge in [0.05, 0.1) is 6.17 Å². The number of hydrogen-bond donors (Lipinski definition) is 2. The van der Waals surface area contributed by atoms with Gasteiger partial charge in [-0.2, -0.15) is 0 Å². The van der Waals surface area contributed by atoms with Crippen LogP contribution in [0.15, 0.2) is 0 Å². The van der Waals surface area contributed by atoms with E-state index in [-0.39, 0.29) is 0 Å². The zero-order valence-corrected chi connectivity index (χ0v) is 3.91. The van der Waals surface area contributed by atoms with Gasteiger partial charge in [0.2, 0.25) is 0 Å². The Balaban J connectivity index is 2.18. The number of rotatable bonds is 0. The highest BCUT2D eigenvalue weighted by molar-refractivity contribution is 4.83. The van der Waals surface area contributed by atoms with Crippen molar-refractivity contribution in [3.63, 3.8) is 0 Å². The van der Waals surface area contributed by atoms with E-state index >= 15 is 0 Å². The molecule has 0 unspecified atom stereocenters. The molecule has 0 spiro atoms. The summed E-state index contributed by atoms with van der Waals surface area (Å²) in [6, 6.07) is 0. The Morgan fingerprint density at radius 1 is 1.33 bits per heavy atom. The first-order chi connectivity index (χ1) is 2.89. The molecule has 0 bridgehead atoms. The second-order valence-electron chi connectivity index (χ2n) is 1.48. The van der Waals surface area contributed by atoms with Crippen molar-refractivity contribution in [2.24, 2.45) is 0 Å². The maximum atomic E-state index is 3.12. The van der Waals surface area contributed by atoms with E-state index in [0.717, 1.165) is 13.1 Å². The summed E-state index contributed by atoms with van der Waals surface area (Å²) >= 11 is 0. The molecule has 1 aliphatic heterocycles. The molecule has 0 aromatic carbocycles. The molecule has 0 aromatic heterocycles. The summed E-state index contributed by atoms with van der Waals surface area (Å²) in [6.45, 7) is 4.21. The van der Waals surface area contributed by atoms with E-state index < -0.39 is 0 Å². The Hall–Kier alpha value is -0.0800. The number of hydrogen-bond acceptors (Lipinski definition) is 2. The van der Waals surface area contributed by atoms with Gasteiger partial charge < -0.3 is 0 Å². The summed E-state index contributed by atoms with van der Waals surface area (Å²) in [7, 11) is 0. The molecular weight excluding hydrogens is 76.1 g/mol. The zero-order chi connectivity index (χ0) is 4.41. The van der Waals surface area contributed by atoms with Gasteiger partial charge in [0, 0.05) is 13.1 Å². The molecule has 2 N–H and O–H groups in total. The fraction of sp³-hybridized carbons (Fsp3) is 0.750. The molecule has 0 atom stereocenters. The maximum Gasteiger partial charge on any atom is 0.0979 e. The molecule has 1 aliphatic rings. The minimum Gasteiger partial charge on any atom is -0.296 e. The molecule has 1 heterocycles. The van der Waals surface area contributed by atoms with E-state index in [1.54, 1.807) is 0 Å². The number of nitrogens with one attached hydrogen (secondary N) is 2. The first-order valence-electron chi connectivity index (χ1n) is 2.21. The van der Waals surface area contributed by atoms with Gasteiger partial charge in [-0.05, 0) is 6.92 Å². The fourth-order valence-corrected chi connectivity index (χ4v) is 0.562. The molecule has 2 nitrogen and oxygen atoms in total. The largest absolute Gasteiger partial charge is 0.296 e. The highest BCUT2D eigenvalue weighted by atomic mass is 15.2. The summed E-state index contributed by atoms with van der Waals surface area (Å²) in [5, 5.41) is 6.25. The van der Waals surface area contributed by atoms with E-state index in [0.29, 0.717) is 0 Å². The van der Waals surface area contributed by atoms with Crippen LogP contribution in [0.5, 0.6) is 0 Å². The van der Waals surface area contributed by atoms with Crippen LogP contribution in [0.2, 0.25) is 0 Å². The van der Waals surface area contributed by atoms with Crippen molar-refractivity contribution in [2.45, 2.75) is 6.92 Å². The Morgan fingerprint density at radius 2 is 1.83 bits per heavy atom. The second kappa shape index (κ2) is 1.58. The van der Waals surface area contributed by atoms with E-state index in [9.17, 15) is 0 Å². The first-order valence-corrected chi connectivity index (χ1v) is 2.21. The van der Waals surface area contributed by atoms with E-state index in [4.69, 9.17) is 0 Å². The predicted molar refractivity (Wildman–Crippen MR) is 24.9 cm³/mol. The average molecular weight is 85.1 g/mol. The van der Waals surface area contributed by atoms with Crippen LogP contribution in [0.3, 0.4) is 0 Å². The van der Waals surface area contributed by atoms with Crippen molar-refractivity contribution < 1.29 is 0 Å². The van der Waals surface area contributed by atoms with Gasteiger partial charge in [0.25, 0.3) is 0 Å². The summed E-state index contributed by atoms with van der Waals surface area (Å²) in [5.74, 6) is 0. The highest BCUT2D eigenvalue weighted by Gasteiger charge is 2.04. The lowest BCUT2D eigenvalue weighted by Gasteiger charge is -1.95. The van der Waals surface area contributed by atoms with Crippen molar-refractivity contribution >= 4 is 0 Å². The Morgan fingerprint density at radius 3 is 2.00 bits per heavy atom. The Bertz CT molecular complexity index is 38.8. The minimum absolute atomic E-state index is 1.09. The van der Waals surface area contributed by atoms with Crippen molar-refractivity contribution in [2.75, 3.05) is 13.1 Å². The second-order valence-corrected chi connectivity index (χ2v) is 1.48. The minimum atomic E-state index is 1.09. The van der Waals surface area contributed by atoms with Crippen molar-refractivity contribution in [3.05, 3.63) is 6.17 Å². The van der Waals surface area contributed by atoms with Gasteiger partial charge in [-0.1, -0.05) is 0 Å². The molecular formula is C4H9N2. The van der Waals surface area contributed by atoms with E-state index in [1.165, 1.54) is 6.17 Å². The topological polar surface area (TPSA) is 24.1 Å². The molecule has 0 aromatic rings. The molecule has 0 amide bonds. The van der Waals surface area contributed by atoms with Crippen LogP contribution >= 0.6 is 0 Å². The summed E-state index contributed by atoms with van der Waals surface area (Å²) in [4.78, 5) is 0. The van der Waals surface area contributed by atoms with Gasteiger partial charge in [-0.3, -0.25) is 10.6 Å². The monoisotopic (exact) mass is 85.1 g/mol. The predicted octanol–water partition coefficient (Wildman–Crippen LogP) is -0.311. The lowest BCUT2D eigenvalue weighted by Crippen LogP contribution is -2.16. The third kappa shape index (κ3) is 0.698. The van der Waals surface area contributed by atoms with E-state index in [2.05, 4.69) is 10.6 Å². The van der Waals surface area contributed by atoms with Gasteiger partial charge in [0.15, 0.2) is 0 Å². The average Bonchev–Trinajstić information content (AvgIpc) is 1.86. The summed E-state index contributed by atoms with van der Waals surface area (Å²) < 4.78 is 0. The molecule has 1 fully saturated rings. The third-order valence-electron chi connectivity index (χ3n) is 0.905. The van der Waals surface area contributed by atoms with Gasteiger partial charge in [-0.15, -0.1) is 0 Å². The Kier molecular flexibility index (Phi) is 1.08. The molecule has 6 heavy (non-hydrogen) atoms. The zero-order valence-electron chi connectivity index (χ0n) is 3.91. The van der Waals surface area contributed by atoms with Crippen molar-refractivity contribution in [3.8, 4) is 0 Å². The quantitative estimate of drug-likeness (QED) is 0.421. The molecule has 1 saturated heterocycles. The highest BCUT2D eigenvalue weighted by Crippen LogP contribution is 1.87. The molecule has 2 heteroatoms. The van der Waals surface area contributed by atoms with Crippen LogP contribution in [-0.4, -0.2) is 13.1 Å². The maximum absolute atomic E-state index is 3.12. The van der Waals surface area contributed by atoms with Crippen LogP contribution in [0.1, 0.15) is 6.92 Å². The SMILES string of the molecule is C[C]1NCCN1. The van der Waals surface area contributed by atoms with Crippen molar-refractivity contribution in [1.29, 1.82) is 0 Å². The molecule has 1 rings (SSSR count).